The summed E-state index contributed by atoms with van der Waals surface area (Å²) in [5.74, 6) is 0.742. The third-order valence-electron chi connectivity index (χ3n) is 3.07. The van der Waals surface area contributed by atoms with Crippen molar-refractivity contribution in [1.82, 2.24) is 4.90 Å². The van der Waals surface area contributed by atoms with Gasteiger partial charge in [-0.1, -0.05) is 20.3 Å². The lowest BCUT2D eigenvalue weighted by molar-refractivity contribution is -0.135. The Morgan fingerprint density at radius 1 is 1.54 bits per heavy atom. The van der Waals surface area contributed by atoms with Crippen LogP contribution in [0, 0.1) is 11.3 Å². The van der Waals surface area contributed by atoms with Crippen LogP contribution in [-0.2, 0) is 4.79 Å². The second kappa shape index (κ2) is 3.79. The molecule has 2 heteroatoms. The van der Waals surface area contributed by atoms with E-state index in [0.717, 1.165) is 19.4 Å². The second-order valence-corrected chi connectivity index (χ2v) is 4.96. The number of Topliss-reactive ketones (excluding diaryl/α,β-unsaturated/α-hetero) is 1. The molecule has 1 fully saturated rings. The maximum absolute atomic E-state index is 12.0. The lowest BCUT2D eigenvalue weighted by atomic mass is 9.70. The van der Waals surface area contributed by atoms with Crippen molar-refractivity contribution in [1.29, 1.82) is 0 Å². The minimum absolute atomic E-state index is 0.0822. The molecule has 1 rings (SSSR count). The van der Waals surface area contributed by atoms with Crippen LogP contribution in [0.3, 0.4) is 0 Å². The van der Waals surface area contributed by atoms with Crippen molar-refractivity contribution in [3.63, 3.8) is 0 Å². The normalized spacial score (nSPS) is 35.5. The Balaban J connectivity index is 2.69. The number of carbonyl (C=O) groups excluding carboxylic acids is 1. The van der Waals surface area contributed by atoms with E-state index in [2.05, 4.69) is 18.7 Å². The van der Waals surface area contributed by atoms with E-state index >= 15 is 0 Å². The van der Waals surface area contributed by atoms with Gasteiger partial charge >= 0.3 is 0 Å². The van der Waals surface area contributed by atoms with E-state index in [1.807, 2.05) is 14.1 Å². The Morgan fingerprint density at radius 3 is 2.69 bits per heavy atom. The van der Waals surface area contributed by atoms with Crippen LogP contribution in [0.1, 0.15) is 33.1 Å². The molecular weight excluding hydrogens is 162 g/mol. The number of hydrogen-bond donors (Lipinski definition) is 0. The van der Waals surface area contributed by atoms with Gasteiger partial charge in [0.15, 0.2) is 0 Å². The molecule has 0 aromatic heterocycles. The van der Waals surface area contributed by atoms with Crippen LogP contribution < -0.4 is 0 Å². The summed E-state index contributed by atoms with van der Waals surface area (Å²) in [7, 11) is 4.08. The summed E-state index contributed by atoms with van der Waals surface area (Å²) < 4.78 is 0. The van der Waals surface area contributed by atoms with Crippen LogP contribution in [0.15, 0.2) is 0 Å². The molecule has 0 aromatic carbocycles. The maximum atomic E-state index is 12.0. The van der Waals surface area contributed by atoms with Crippen molar-refractivity contribution < 1.29 is 4.79 Å². The van der Waals surface area contributed by atoms with E-state index in [1.54, 1.807) is 0 Å². The van der Waals surface area contributed by atoms with Gasteiger partial charge in [0.05, 0.1) is 0 Å². The zero-order valence-electron chi connectivity index (χ0n) is 9.26. The zero-order chi connectivity index (χ0) is 10.1. The Morgan fingerprint density at radius 2 is 2.15 bits per heavy atom. The largest absolute Gasteiger partial charge is 0.308 e. The van der Waals surface area contributed by atoms with E-state index in [9.17, 15) is 4.79 Å². The fourth-order valence-electron chi connectivity index (χ4n) is 2.50. The molecular formula is C11H21NO. The van der Waals surface area contributed by atoms with Crippen LogP contribution in [0.4, 0.5) is 0 Å². The first-order chi connectivity index (χ1) is 5.96. The molecule has 0 aromatic rings. The minimum atomic E-state index is -0.0822. The van der Waals surface area contributed by atoms with E-state index in [4.69, 9.17) is 0 Å². The van der Waals surface area contributed by atoms with Gasteiger partial charge in [0.25, 0.3) is 0 Å². The highest BCUT2D eigenvalue weighted by atomic mass is 16.1. The maximum Gasteiger partial charge on any atom is 0.142 e. The standard InChI is InChI=1S/C11H21NO/c1-9-6-5-7-11(2,10(9)13)8-12(3)4/h9H,5-8H2,1-4H3. The molecule has 0 radical (unpaired) electrons. The second-order valence-electron chi connectivity index (χ2n) is 4.96. The first-order valence-electron chi connectivity index (χ1n) is 5.15. The number of nitrogens with zero attached hydrogens (tertiary/aromatic N) is 1. The van der Waals surface area contributed by atoms with Crippen LogP contribution >= 0.6 is 0 Å². The minimum Gasteiger partial charge on any atom is -0.308 e. The molecule has 2 nitrogen and oxygen atoms in total. The van der Waals surface area contributed by atoms with Gasteiger partial charge in [-0.15, -0.1) is 0 Å². The average Bonchev–Trinajstić information content (AvgIpc) is 1.99. The number of carbonyl (C=O) groups is 1. The third kappa shape index (κ3) is 2.31. The van der Waals surface area contributed by atoms with Crippen molar-refractivity contribution >= 4 is 5.78 Å². The summed E-state index contributed by atoms with van der Waals surface area (Å²) in [4.78, 5) is 14.1. The molecule has 0 spiro atoms. The molecule has 0 bridgehead atoms. The molecule has 13 heavy (non-hydrogen) atoms. The van der Waals surface area contributed by atoms with Crippen LogP contribution in [0.2, 0.25) is 0 Å². The lowest BCUT2D eigenvalue weighted by Crippen LogP contribution is -2.43. The zero-order valence-corrected chi connectivity index (χ0v) is 9.26. The molecule has 2 unspecified atom stereocenters. The summed E-state index contributed by atoms with van der Waals surface area (Å²) >= 11 is 0. The monoisotopic (exact) mass is 183 g/mol. The number of hydrogen-bond acceptors (Lipinski definition) is 2. The quantitative estimate of drug-likeness (QED) is 0.652. The molecule has 0 heterocycles. The Labute approximate surface area is 81.3 Å². The van der Waals surface area contributed by atoms with Crippen LogP contribution in [-0.4, -0.2) is 31.3 Å². The molecule has 1 aliphatic carbocycles. The summed E-state index contributed by atoms with van der Waals surface area (Å²) in [6, 6.07) is 0. The summed E-state index contributed by atoms with van der Waals surface area (Å²) in [5.41, 5.74) is -0.0822. The van der Waals surface area contributed by atoms with Gasteiger partial charge < -0.3 is 4.90 Å². The molecule has 0 saturated heterocycles. The van der Waals surface area contributed by atoms with Gasteiger partial charge in [-0.3, -0.25) is 4.79 Å². The van der Waals surface area contributed by atoms with Crippen molar-refractivity contribution in [2.75, 3.05) is 20.6 Å². The summed E-state index contributed by atoms with van der Waals surface area (Å²) in [6.07, 6.45) is 3.35. The highest BCUT2D eigenvalue weighted by molar-refractivity contribution is 5.87. The smallest absolute Gasteiger partial charge is 0.142 e. The van der Waals surface area contributed by atoms with E-state index in [-0.39, 0.29) is 11.3 Å². The molecule has 2 atom stereocenters. The first-order valence-corrected chi connectivity index (χ1v) is 5.15. The van der Waals surface area contributed by atoms with Gasteiger partial charge in [-0.25, -0.2) is 0 Å². The fourth-order valence-corrected chi connectivity index (χ4v) is 2.50. The highest BCUT2D eigenvalue weighted by Gasteiger charge is 2.39. The SMILES string of the molecule is CC1CCCC(C)(CN(C)C)C1=O. The Kier molecular flexibility index (Phi) is 3.12. The Hall–Kier alpha value is -0.370. The fraction of sp³-hybridized carbons (Fsp3) is 0.909. The predicted molar refractivity (Wildman–Crippen MR) is 54.7 cm³/mol. The van der Waals surface area contributed by atoms with Gasteiger partial charge in [0.1, 0.15) is 5.78 Å². The molecule has 0 N–H and O–H groups in total. The molecule has 1 aliphatic rings. The highest BCUT2D eigenvalue weighted by Crippen LogP contribution is 2.35. The van der Waals surface area contributed by atoms with Gasteiger partial charge in [0, 0.05) is 17.9 Å². The average molecular weight is 183 g/mol. The summed E-state index contributed by atoms with van der Waals surface area (Å²) in [6.45, 7) is 5.08. The summed E-state index contributed by atoms with van der Waals surface area (Å²) in [5, 5.41) is 0. The first kappa shape index (κ1) is 10.7. The van der Waals surface area contributed by atoms with Crippen molar-refractivity contribution in [2.24, 2.45) is 11.3 Å². The molecule has 1 saturated carbocycles. The number of rotatable bonds is 2. The predicted octanol–water partition coefficient (Wildman–Crippen LogP) is 1.94. The molecule has 76 valence electrons. The van der Waals surface area contributed by atoms with Crippen molar-refractivity contribution in [3.05, 3.63) is 0 Å². The van der Waals surface area contributed by atoms with Crippen molar-refractivity contribution in [2.45, 2.75) is 33.1 Å². The van der Waals surface area contributed by atoms with Crippen LogP contribution in [0.5, 0.6) is 0 Å². The van der Waals surface area contributed by atoms with E-state index < -0.39 is 0 Å². The topological polar surface area (TPSA) is 20.3 Å². The van der Waals surface area contributed by atoms with Gasteiger partial charge in [-0.2, -0.15) is 0 Å². The molecule has 0 aliphatic heterocycles. The van der Waals surface area contributed by atoms with Gasteiger partial charge in [-0.05, 0) is 26.9 Å². The third-order valence-corrected chi connectivity index (χ3v) is 3.07. The van der Waals surface area contributed by atoms with E-state index in [1.165, 1.54) is 6.42 Å². The van der Waals surface area contributed by atoms with Gasteiger partial charge in [0.2, 0.25) is 0 Å². The number of ketones is 1. The van der Waals surface area contributed by atoms with Crippen molar-refractivity contribution in [3.8, 4) is 0 Å². The lowest BCUT2D eigenvalue weighted by Gasteiger charge is -2.37. The molecule has 0 amide bonds. The Bertz CT molecular complexity index is 200. The van der Waals surface area contributed by atoms with Crippen LogP contribution in [0.25, 0.3) is 0 Å². The van der Waals surface area contributed by atoms with E-state index in [0.29, 0.717) is 5.78 Å².